The predicted molar refractivity (Wildman–Crippen MR) is 95.4 cm³/mol. The van der Waals surface area contributed by atoms with Gasteiger partial charge in [0.15, 0.2) is 0 Å². The molecule has 2 nitrogen and oxygen atoms in total. The van der Waals surface area contributed by atoms with Crippen molar-refractivity contribution >= 4 is 12.4 Å². The SMILES string of the molecule is COc1ccc2c(c1)CCCC2CCCN1CCCCC1.Cl. The third-order valence-corrected chi connectivity index (χ3v) is 5.26. The van der Waals surface area contributed by atoms with E-state index in [0.29, 0.717) is 0 Å². The Bertz CT molecular complexity index is 457. The molecule has 1 heterocycles. The lowest BCUT2D eigenvalue weighted by Crippen LogP contribution is -2.30. The second-order valence-electron chi connectivity index (χ2n) is 6.70. The van der Waals surface area contributed by atoms with Crippen molar-refractivity contribution in [2.75, 3.05) is 26.7 Å². The van der Waals surface area contributed by atoms with E-state index in [1.807, 2.05) is 0 Å². The minimum atomic E-state index is 0. The second kappa shape index (κ2) is 8.79. The van der Waals surface area contributed by atoms with Crippen molar-refractivity contribution in [1.82, 2.24) is 4.90 Å². The van der Waals surface area contributed by atoms with E-state index in [4.69, 9.17) is 4.74 Å². The van der Waals surface area contributed by atoms with E-state index in [1.165, 1.54) is 76.6 Å². The summed E-state index contributed by atoms with van der Waals surface area (Å²) in [7, 11) is 1.76. The number of methoxy groups -OCH3 is 1. The Kier molecular flexibility index (Phi) is 7.04. The summed E-state index contributed by atoms with van der Waals surface area (Å²) < 4.78 is 5.37. The number of likely N-dealkylation sites (tertiary alicyclic amines) is 1. The number of aryl methyl sites for hydroxylation is 1. The van der Waals surface area contributed by atoms with Gasteiger partial charge in [-0.25, -0.2) is 0 Å². The summed E-state index contributed by atoms with van der Waals surface area (Å²) in [4.78, 5) is 2.67. The van der Waals surface area contributed by atoms with Crippen LogP contribution in [0.15, 0.2) is 18.2 Å². The first-order chi connectivity index (χ1) is 10.4. The monoisotopic (exact) mass is 323 g/mol. The third-order valence-electron chi connectivity index (χ3n) is 5.26. The molecule has 1 atom stereocenters. The van der Waals surface area contributed by atoms with Gasteiger partial charge in [-0.15, -0.1) is 12.4 Å². The molecule has 0 bridgehead atoms. The Morgan fingerprint density at radius 1 is 1.14 bits per heavy atom. The van der Waals surface area contributed by atoms with E-state index in [1.54, 1.807) is 12.7 Å². The molecule has 1 aromatic rings. The topological polar surface area (TPSA) is 12.5 Å². The lowest BCUT2D eigenvalue weighted by Gasteiger charge is -2.29. The van der Waals surface area contributed by atoms with E-state index >= 15 is 0 Å². The molecule has 3 rings (SSSR count). The highest BCUT2D eigenvalue weighted by atomic mass is 35.5. The van der Waals surface area contributed by atoms with Gasteiger partial charge >= 0.3 is 0 Å². The maximum absolute atomic E-state index is 5.37. The van der Waals surface area contributed by atoms with Crippen LogP contribution in [0.5, 0.6) is 5.75 Å². The minimum absolute atomic E-state index is 0. The molecular formula is C19H30ClNO. The van der Waals surface area contributed by atoms with Crippen molar-refractivity contribution in [3.8, 4) is 5.75 Å². The molecule has 1 unspecified atom stereocenters. The molecule has 0 spiro atoms. The Morgan fingerprint density at radius 3 is 2.73 bits per heavy atom. The van der Waals surface area contributed by atoms with Crippen LogP contribution in [0.1, 0.15) is 62.0 Å². The standard InChI is InChI=1S/C19H29NO.ClH/c1-21-18-10-11-19-16(7-5-8-17(19)15-18)9-6-14-20-12-3-2-4-13-20;/h10-11,15-16H,2-9,12-14H2,1H3;1H. The number of hydrogen-bond donors (Lipinski definition) is 0. The molecule has 1 fully saturated rings. The van der Waals surface area contributed by atoms with Crippen molar-refractivity contribution in [2.24, 2.45) is 0 Å². The van der Waals surface area contributed by atoms with Gasteiger partial charge in [0.25, 0.3) is 0 Å². The summed E-state index contributed by atoms with van der Waals surface area (Å²) in [5.74, 6) is 1.80. The average molecular weight is 324 g/mol. The van der Waals surface area contributed by atoms with Crippen LogP contribution < -0.4 is 4.74 Å². The molecular weight excluding hydrogens is 294 g/mol. The number of halogens is 1. The summed E-state index contributed by atoms with van der Waals surface area (Å²) in [6, 6.07) is 6.72. The highest BCUT2D eigenvalue weighted by Crippen LogP contribution is 2.36. The van der Waals surface area contributed by atoms with Crippen molar-refractivity contribution < 1.29 is 4.74 Å². The summed E-state index contributed by atoms with van der Waals surface area (Å²) in [6.07, 6.45) is 10.9. The molecule has 1 aromatic carbocycles. The number of benzene rings is 1. The molecule has 3 heteroatoms. The van der Waals surface area contributed by atoms with Gasteiger partial charge in [-0.1, -0.05) is 12.5 Å². The van der Waals surface area contributed by atoms with Crippen LogP contribution in [0.4, 0.5) is 0 Å². The van der Waals surface area contributed by atoms with Gasteiger partial charge in [0.2, 0.25) is 0 Å². The van der Waals surface area contributed by atoms with Crippen molar-refractivity contribution in [2.45, 2.75) is 57.3 Å². The number of ether oxygens (including phenoxy) is 1. The molecule has 1 aliphatic carbocycles. The summed E-state index contributed by atoms with van der Waals surface area (Å²) >= 11 is 0. The summed E-state index contributed by atoms with van der Waals surface area (Å²) in [5.41, 5.74) is 3.13. The Labute approximate surface area is 141 Å². The Hall–Kier alpha value is -0.730. The van der Waals surface area contributed by atoms with Gasteiger partial charge in [-0.2, -0.15) is 0 Å². The van der Waals surface area contributed by atoms with E-state index in [0.717, 1.165) is 11.7 Å². The zero-order chi connectivity index (χ0) is 14.5. The molecule has 1 saturated heterocycles. The van der Waals surface area contributed by atoms with Gasteiger partial charge < -0.3 is 9.64 Å². The lowest BCUT2D eigenvalue weighted by molar-refractivity contribution is 0.222. The van der Waals surface area contributed by atoms with Crippen LogP contribution >= 0.6 is 12.4 Å². The Balaban J connectivity index is 0.00000176. The quantitative estimate of drug-likeness (QED) is 0.771. The molecule has 124 valence electrons. The predicted octanol–water partition coefficient (Wildman–Crippen LogP) is 4.80. The zero-order valence-corrected chi connectivity index (χ0v) is 14.7. The average Bonchev–Trinajstić information content (AvgIpc) is 2.55. The zero-order valence-electron chi connectivity index (χ0n) is 13.9. The van der Waals surface area contributed by atoms with E-state index in [2.05, 4.69) is 23.1 Å². The smallest absolute Gasteiger partial charge is 0.119 e. The number of nitrogens with zero attached hydrogens (tertiary/aromatic N) is 1. The van der Waals surface area contributed by atoms with Crippen LogP contribution in [-0.4, -0.2) is 31.6 Å². The first-order valence-corrected chi connectivity index (χ1v) is 8.76. The molecule has 0 saturated carbocycles. The highest BCUT2D eigenvalue weighted by molar-refractivity contribution is 5.85. The molecule has 0 aromatic heterocycles. The maximum atomic E-state index is 5.37. The minimum Gasteiger partial charge on any atom is -0.497 e. The van der Waals surface area contributed by atoms with Gasteiger partial charge in [-0.05, 0) is 93.8 Å². The summed E-state index contributed by atoms with van der Waals surface area (Å²) in [5, 5.41) is 0. The van der Waals surface area contributed by atoms with Crippen LogP contribution in [0, 0.1) is 0 Å². The Morgan fingerprint density at radius 2 is 1.95 bits per heavy atom. The van der Waals surface area contributed by atoms with E-state index in [9.17, 15) is 0 Å². The first kappa shape index (κ1) is 17.6. The molecule has 0 amide bonds. The highest BCUT2D eigenvalue weighted by Gasteiger charge is 2.20. The number of piperidine rings is 1. The van der Waals surface area contributed by atoms with Gasteiger partial charge in [0.05, 0.1) is 7.11 Å². The first-order valence-electron chi connectivity index (χ1n) is 8.76. The summed E-state index contributed by atoms with van der Waals surface area (Å²) in [6.45, 7) is 3.97. The van der Waals surface area contributed by atoms with Crippen molar-refractivity contribution in [3.63, 3.8) is 0 Å². The molecule has 1 aliphatic heterocycles. The molecule has 0 N–H and O–H groups in total. The third kappa shape index (κ3) is 4.39. The van der Waals surface area contributed by atoms with Gasteiger partial charge in [-0.3, -0.25) is 0 Å². The van der Waals surface area contributed by atoms with Crippen molar-refractivity contribution in [1.29, 1.82) is 0 Å². The van der Waals surface area contributed by atoms with Gasteiger partial charge in [0, 0.05) is 0 Å². The normalized spacial score (nSPS) is 21.8. The fourth-order valence-corrected chi connectivity index (χ4v) is 4.06. The maximum Gasteiger partial charge on any atom is 0.119 e. The van der Waals surface area contributed by atoms with Crippen LogP contribution in [-0.2, 0) is 6.42 Å². The number of fused-ring (bicyclic) bond motifs is 1. The molecule has 22 heavy (non-hydrogen) atoms. The molecule has 2 aliphatic rings. The van der Waals surface area contributed by atoms with Crippen molar-refractivity contribution in [3.05, 3.63) is 29.3 Å². The fourth-order valence-electron chi connectivity index (χ4n) is 4.06. The van der Waals surface area contributed by atoms with E-state index < -0.39 is 0 Å². The van der Waals surface area contributed by atoms with E-state index in [-0.39, 0.29) is 12.4 Å². The number of rotatable bonds is 5. The van der Waals surface area contributed by atoms with Crippen LogP contribution in [0.3, 0.4) is 0 Å². The van der Waals surface area contributed by atoms with Crippen LogP contribution in [0.25, 0.3) is 0 Å². The molecule has 0 radical (unpaired) electrons. The second-order valence-corrected chi connectivity index (χ2v) is 6.70. The number of hydrogen-bond acceptors (Lipinski definition) is 2. The lowest BCUT2D eigenvalue weighted by atomic mass is 9.80. The van der Waals surface area contributed by atoms with Gasteiger partial charge in [0.1, 0.15) is 5.75 Å². The largest absolute Gasteiger partial charge is 0.497 e. The fraction of sp³-hybridized carbons (Fsp3) is 0.684. The van der Waals surface area contributed by atoms with Crippen LogP contribution in [0.2, 0.25) is 0 Å².